The van der Waals surface area contributed by atoms with Gasteiger partial charge >= 0.3 is 5.97 Å². The molecule has 2 fully saturated rings. The first-order chi connectivity index (χ1) is 9.44. The SMILES string of the molecule is CC1CN(C(=O)CC2(C(=O)O)CCCCC2)CCC1O. The van der Waals surface area contributed by atoms with Gasteiger partial charge in [-0.2, -0.15) is 0 Å². The van der Waals surface area contributed by atoms with Crippen molar-refractivity contribution in [1.29, 1.82) is 0 Å². The van der Waals surface area contributed by atoms with E-state index in [0.717, 1.165) is 19.3 Å². The summed E-state index contributed by atoms with van der Waals surface area (Å²) in [6.07, 6.45) is 4.44. The van der Waals surface area contributed by atoms with Crippen molar-refractivity contribution in [1.82, 2.24) is 4.90 Å². The van der Waals surface area contributed by atoms with E-state index in [1.54, 1.807) is 4.90 Å². The molecule has 1 aliphatic heterocycles. The lowest BCUT2D eigenvalue weighted by Gasteiger charge is -2.38. The van der Waals surface area contributed by atoms with Crippen molar-refractivity contribution in [3.8, 4) is 0 Å². The van der Waals surface area contributed by atoms with Crippen LogP contribution in [0.15, 0.2) is 0 Å². The second-order valence-corrected chi connectivity index (χ2v) is 6.50. The molecular weight excluding hydrogens is 258 g/mol. The Bertz CT molecular complexity index is 376. The fraction of sp³-hybridized carbons (Fsp3) is 0.867. The lowest BCUT2D eigenvalue weighted by molar-refractivity contribution is -0.156. The standard InChI is InChI=1S/C15H25NO4/c1-11-10-16(8-5-12(11)17)13(18)9-15(14(19)20)6-3-2-4-7-15/h11-12,17H,2-10H2,1H3,(H,19,20). The minimum absolute atomic E-state index is 0.0620. The van der Waals surface area contributed by atoms with Crippen LogP contribution >= 0.6 is 0 Å². The lowest BCUT2D eigenvalue weighted by Crippen LogP contribution is -2.47. The van der Waals surface area contributed by atoms with Crippen LogP contribution in [-0.2, 0) is 9.59 Å². The van der Waals surface area contributed by atoms with Crippen LogP contribution in [0.3, 0.4) is 0 Å². The van der Waals surface area contributed by atoms with E-state index in [2.05, 4.69) is 0 Å². The first kappa shape index (κ1) is 15.3. The maximum absolute atomic E-state index is 12.4. The van der Waals surface area contributed by atoms with Crippen LogP contribution in [0.2, 0.25) is 0 Å². The predicted octanol–water partition coefficient (Wildman–Crippen LogP) is 1.64. The van der Waals surface area contributed by atoms with E-state index in [1.165, 1.54) is 0 Å². The molecule has 1 amide bonds. The lowest BCUT2D eigenvalue weighted by atomic mass is 9.71. The Labute approximate surface area is 120 Å². The number of likely N-dealkylation sites (tertiary alicyclic amines) is 1. The average molecular weight is 283 g/mol. The average Bonchev–Trinajstić information content (AvgIpc) is 2.42. The van der Waals surface area contributed by atoms with Crippen LogP contribution in [0.25, 0.3) is 0 Å². The van der Waals surface area contributed by atoms with Gasteiger partial charge in [0.05, 0.1) is 11.5 Å². The van der Waals surface area contributed by atoms with Crippen molar-refractivity contribution < 1.29 is 19.8 Å². The minimum atomic E-state index is -0.853. The number of aliphatic hydroxyl groups excluding tert-OH is 1. The normalized spacial score (nSPS) is 30.0. The van der Waals surface area contributed by atoms with Gasteiger partial charge in [0.25, 0.3) is 0 Å². The van der Waals surface area contributed by atoms with Crippen LogP contribution in [0.4, 0.5) is 0 Å². The largest absolute Gasteiger partial charge is 0.481 e. The summed E-state index contributed by atoms with van der Waals surface area (Å²) < 4.78 is 0. The molecular formula is C15H25NO4. The number of piperidine rings is 1. The Balaban J connectivity index is 2.00. The summed E-state index contributed by atoms with van der Waals surface area (Å²) >= 11 is 0. The molecule has 0 bridgehead atoms. The molecule has 0 radical (unpaired) electrons. The number of aliphatic carboxylic acids is 1. The highest BCUT2D eigenvalue weighted by Crippen LogP contribution is 2.40. The molecule has 20 heavy (non-hydrogen) atoms. The number of carboxylic acid groups (broad SMARTS) is 1. The molecule has 1 heterocycles. The Morgan fingerprint density at radius 2 is 1.90 bits per heavy atom. The van der Waals surface area contributed by atoms with Crippen molar-refractivity contribution >= 4 is 11.9 Å². The number of amides is 1. The van der Waals surface area contributed by atoms with E-state index in [1.807, 2.05) is 6.92 Å². The quantitative estimate of drug-likeness (QED) is 0.825. The number of hydrogen-bond acceptors (Lipinski definition) is 3. The molecule has 5 nitrogen and oxygen atoms in total. The zero-order chi connectivity index (χ0) is 14.8. The van der Waals surface area contributed by atoms with Crippen molar-refractivity contribution in [2.45, 2.75) is 58.0 Å². The molecule has 0 aromatic carbocycles. The Morgan fingerprint density at radius 1 is 1.25 bits per heavy atom. The monoisotopic (exact) mass is 283 g/mol. The summed E-state index contributed by atoms with van der Waals surface area (Å²) in [5.41, 5.74) is -0.853. The van der Waals surface area contributed by atoms with Gasteiger partial charge in [-0.3, -0.25) is 9.59 Å². The molecule has 0 aromatic rings. The summed E-state index contributed by atoms with van der Waals surface area (Å²) in [5.74, 6) is -0.816. The van der Waals surface area contributed by atoms with Gasteiger partial charge in [-0.1, -0.05) is 26.2 Å². The topological polar surface area (TPSA) is 77.8 Å². The van der Waals surface area contributed by atoms with Crippen molar-refractivity contribution in [3.05, 3.63) is 0 Å². The number of aliphatic hydroxyl groups is 1. The Morgan fingerprint density at radius 3 is 2.45 bits per heavy atom. The van der Waals surface area contributed by atoms with Crippen LogP contribution < -0.4 is 0 Å². The van der Waals surface area contributed by atoms with Gasteiger partial charge in [0.2, 0.25) is 5.91 Å². The highest BCUT2D eigenvalue weighted by molar-refractivity contribution is 5.85. The number of rotatable bonds is 3. The van der Waals surface area contributed by atoms with Gasteiger partial charge < -0.3 is 15.1 Å². The van der Waals surface area contributed by atoms with Crippen LogP contribution in [0, 0.1) is 11.3 Å². The van der Waals surface area contributed by atoms with E-state index in [-0.39, 0.29) is 24.3 Å². The molecule has 0 aromatic heterocycles. The molecule has 2 atom stereocenters. The fourth-order valence-electron chi connectivity index (χ4n) is 3.46. The zero-order valence-electron chi connectivity index (χ0n) is 12.2. The smallest absolute Gasteiger partial charge is 0.310 e. The molecule has 1 saturated heterocycles. The van der Waals surface area contributed by atoms with Gasteiger partial charge in [0, 0.05) is 19.5 Å². The first-order valence-electron chi connectivity index (χ1n) is 7.64. The van der Waals surface area contributed by atoms with E-state index >= 15 is 0 Å². The molecule has 1 aliphatic carbocycles. The van der Waals surface area contributed by atoms with Crippen molar-refractivity contribution in [3.63, 3.8) is 0 Å². The molecule has 2 N–H and O–H groups in total. The first-order valence-corrected chi connectivity index (χ1v) is 7.64. The van der Waals surface area contributed by atoms with E-state index in [0.29, 0.717) is 32.4 Å². The maximum atomic E-state index is 12.4. The number of hydrogen-bond donors (Lipinski definition) is 2. The number of nitrogens with zero attached hydrogens (tertiary/aromatic N) is 1. The number of carbonyl (C=O) groups excluding carboxylic acids is 1. The van der Waals surface area contributed by atoms with Gasteiger partial charge in [0.15, 0.2) is 0 Å². The van der Waals surface area contributed by atoms with Gasteiger partial charge in [0.1, 0.15) is 0 Å². The highest BCUT2D eigenvalue weighted by Gasteiger charge is 2.42. The summed E-state index contributed by atoms with van der Waals surface area (Å²) in [6.45, 7) is 3.01. The minimum Gasteiger partial charge on any atom is -0.481 e. The van der Waals surface area contributed by atoms with E-state index < -0.39 is 11.4 Å². The van der Waals surface area contributed by atoms with Crippen LogP contribution in [-0.4, -0.2) is 46.2 Å². The van der Waals surface area contributed by atoms with Gasteiger partial charge in [-0.15, -0.1) is 0 Å². The second-order valence-electron chi connectivity index (χ2n) is 6.50. The third kappa shape index (κ3) is 3.14. The Hall–Kier alpha value is -1.10. The number of carboxylic acids is 1. The molecule has 2 unspecified atom stereocenters. The molecule has 5 heteroatoms. The molecule has 114 valence electrons. The second kappa shape index (κ2) is 6.12. The van der Waals surface area contributed by atoms with Crippen molar-refractivity contribution in [2.75, 3.05) is 13.1 Å². The summed E-state index contributed by atoms with van der Waals surface area (Å²) in [7, 11) is 0. The molecule has 2 rings (SSSR count). The third-order valence-electron chi connectivity index (χ3n) is 4.97. The maximum Gasteiger partial charge on any atom is 0.310 e. The molecule has 1 saturated carbocycles. The summed E-state index contributed by atoms with van der Waals surface area (Å²) in [4.78, 5) is 25.7. The van der Waals surface area contributed by atoms with Gasteiger partial charge in [-0.25, -0.2) is 0 Å². The zero-order valence-corrected chi connectivity index (χ0v) is 12.2. The van der Waals surface area contributed by atoms with Gasteiger partial charge in [-0.05, 0) is 25.2 Å². The molecule has 2 aliphatic rings. The van der Waals surface area contributed by atoms with E-state index in [4.69, 9.17) is 0 Å². The third-order valence-corrected chi connectivity index (χ3v) is 4.97. The Kier molecular flexibility index (Phi) is 4.68. The predicted molar refractivity (Wildman–Crippen MR) is 74.1 cm³/mol. The number of carbonyl (C=O) groups is 2. The van der Waals surface area contributed by atoms with E-state index in [9.17, 15) is 19.8 Å². The fourth-order valence-corrected chi connectivity index (χ4v) is 3.46. The van der Waals surface area contributed by atoms with Crippen LogP contribution in [0.5, 0.6) is 0 Å². The summed E-state index contributed by atoms with van der Waals surface area (Å²) in [5, 5.41) is 19.2. The van der Waals surface area contributed by atoms with Crippen molar-refractivity contribution in [2.24, 2.45) is 11.3 Å². The highest BCUT2D eigenvalue weighted by atomic mass is 16.4. The van der Waals surface area contributed by atoms with Crippen LogP contribution in [0.1, 0.15) is 51.9 Å². The molecule has 0 spiro atoms. The summed E-state index contributed by atoms with van der Waals surface area (Å²) in [6, 6.07) is 0.